The highest BCUT2D eigenvalue weighted by molar-refractivity contribution is 6.04. The Bertz CT molecular complexity index is 557. The van der Waals surface area contributed by atoms with E-state index in [2.05, 4.69) is 22.4 Å². The minimum atomic E-state index is -0.167. The number of allylic oxidation sites excluding steroid dienone is 3. The van der Waals surface area contributed by atoms with E-state index in [-0.39, 0.29) is 11.7 Å². The lowest BCUT2D eigenvalue weighted by Crippen LogP contribution is -2.05. The van der Waals surface area contributed by atoms with E-state index in [0.717, 1.165) is 11.4 Å². The number of nitrogens with zero attached hydrogens (tertiary/aromatic N) is 1. The summed E-state index contributed by atoms with van der Waals surface area (Å²) in [4.78, 5) is 21.9. The van der Waals surface area contributed by atoms with Crippen molar-refractivity contribution in [3.8, 4) is 0 Å². The topological polar surface area (TPSA) is 70.6 Å². The minimum Gasteiger partial charge on any atom is -0.326 e. The first-order valence-electron chi connectivity index (χ1n) is 6.03. The zero-order valence-electron chi connectivity index (χ0n) is 11.5. The monoisotopic (exact) mass is 271 g/mol. The van der Waals surface area contributed by atoms with Crippen LogP contribution in [-0.4, -0.2) is 17.4 Å². The molecule has 0 bridgehead atoms. The molecule has 1 aromatic carbocycles. The lowest BCUT2D eigenvalue weighted by Gasteiger charge is -2.04. The summed E-state index contributed by atoms with van der Waals surface area (Å²) in [6, 6.07) is 7.12. The van der Waals surface area contributed by atoms with Gasteiger partial charge >= 0.3 is 0 Å². The lowest BCUT2D eigenvalue weighted by atomic mass is 10.3. The number of hydrazone groups is 1. The van der Waals surface area contributed by atoms with Crippen molar-refractivity contribution in [1.29, 1.82) is 0 Å². The van der Waals surface area contributed by atoms with Crippen LogP contribution in [0.15, 0.2) is 54.2 Å². The van der Waals surface area contributed by atoms with Crippen LogP contribution in [-0.2, 0) is 9.59 Å². The molecule has 20 heavy (non-hydrogen) atoms. The van der Waals surface area contributed by atoms with E-state index in [1.165, 1.54) is 19.1 Å². The summed E-state index contributed by atoms with van der Waals surface area (Å²) in [5.41, 5.74) is 5.01. The molecular formula is C15H17N3O2. The highest BCUT2D eigenvalue weighted by Gasteiger charge is 1.95. The average Bonchev–Trinajstić information content (AvgIpc) is 2.43. The number of anilines is 2. The van der Waals surface area contributed by atoms with Gasteiger partial charge in [-0.3, -0.25) is 15.0 Å². The van der Waals surface area contributed by atoms with Gasteiger partial charge in [0.1, 0.15) is 0 Å². The number of hydrogen-bond donors (Lipinski definition) is 2. The standard InChI is InChI=1S/C15H17N3O2/c1-4-15(20)10-5-11(2)17-18-14-8-6-13(7-9-14)16-12(3)19/h4-10,18H,1H2,2-3H3,(H,16,19). The minimum absolute atomic E-state index is 0.114. The van der Waals surface area contributed by atoms with Gasteiger partial charge in [0.15, 0.2) is 5.78 Å². The molecule has 0 unspecified atom stereocenters. The summed E-state index contributed by atoms with van der Waals surface area (Å²) in [6.07, 6.45) is 4.23. The molecular weight excluding hydrogens is 254 g/mol. The Morgan fingerprint density at radius 1 is 1.10 bits per heavy atom. The highest BCUT2D eigenvalue weighted by Crippen LogP contribution is 2.13. The number of benzene rings is 1. The Morgan fingerprint density at radius 3 is 2.25 bits per heavy atom. The molecule has 104 valence electrons. The molecule has 5 nitrogen and oxygen atoms in total. The second kappa shape index (κ2) is 7.68. The van der Waals surface area contributed by atoms with Crippen molar-refractivity contribution in [1.82, 2.24) is 0 Å². The number of nitrogens with one attached hydrogen (secondary N) is 2. The molecule has 1 aromatic rings. The fourth-order valence-electron chi connectivity index (χ4n) is 1.29. The third kappa shape index (κ3) is 5.77. The first-order chi connectivity index (χ1) is 9.51. The van der Waals surface area contributed by atoms with Crippen LogP contribution < -0.4 is 10.7 Å². The molecule has 0 spiro atoms. The van der Waals surface area contributed by atoms with E-state index in [9.17, 15) is 9.59 Å². The maximum atomic E-state index is 11.0. The number of carbonyl (C=O) groups excluding carboxylic acids is 2. The maximum Gasteiger partial charge on any atom is 0.221 e. The van der Waals surface area contributed by atoms with Crippen LogP contribution in [0.1, 0.15) is 13.8 Å². The number of carbonyl (C=O) groups is 2. The van der Waals surface area contributed by atoms with Gasteiger partial charge in [-0.25, -0.2) is 0 Å². The first kappa shape index (κ1) is 15.4. The third-order valence-corrected chi connectivity index (χ3v) is 2.26. The van der Waals surface area contributed by atoms with Gasteiger partial charge in [-0.15, -0.1) is 0 Å². The summed E-state index contributed by atoms with van der Waals surface area (Å²) < 4.78 is 0. The van der Waals surface area contributed by atoms with Crippen molar-refractivity contribution < 1.29 is 9.59 Å². The number of ketones is 1. The lowest BCUT2D eigenvalue weighted by molar-refractivity contribution is -0.114. The van der Waals surface area contributed by atoms with Crippen molar-refractivity contribution in [2.75, 3.05) is 10.7 Å². The SMILES string of the molecule is C=CC(=O)C=CC(C)=NNc1ccc(NC(C)=O)cc1. The number of amides is 1. The van der Waals surface area contributed by atoms with Gasteiger partial charge in [0, 0.05) is 12.6 Å². The van der Waals surface area contributed by atoms with Crippen molar-refractivity contribution in [2.24, 2.45) is 5.10 Å². The Kier molecular flexibility index (Phi) is 5.90. The van der Waals surface area contributed by atoms with Crippen LogP contribution >= 0.6 is 0 Å². The number of rotatable bonds is 6. The van der Waals surface area contributed by atoms with Crippen molar-refractivity contribution in [3.63, 3.8) is 0 Å². The Hall–Kier alpha value is -2.69. The van der Waals surface area contributed by atoms with Gasteiger partial charge in [-0.05, 0) is 49.4 Å². The molecule has 0 fully saturated rings. The fourth-order valence-corrected chi connectivity index (χ4v) is 1.29. The smallest absolute Gasteiger partial charge is 0.221 e. The van der Waals surface area contributed by atoms with Gasteiger partial charge in [0.2, 0.25) is 5.91 Å². The van der Waals surface area contributed by atoms with Crippen molar-refractivity contribution in [2.45, 2.75) is 13.8 Å². The fraction of sp³-hybridized carbons (Fsp3) is 0.133. The summed E-state index contributed by atoms with van der Waals surface area (Å²) in [5.74, 6) is -0.282. The first-order valence-corrected chi connectivity index (χ1v) is 6.03. The van der Waals surface area contributed by atoms with Crippen LogP contribution in [0.3, 0.4) is 0 Å². The largest absolute Gasteiger partial charge is 0.326 e. The van der Waals surface area contributed by atoms with Crippen LogP contribution in [0, 0.1) is 0 Å². The quantitative estimate of drug-likeness (QED) is 0.475. The summed E-state index contributed by atoms with van der Waals surface area (Å²) in [5, 5.41) is 6.77. The molecule has 0 aliphatic rings. The van der Waals surface area contributed by atoms with E-state index in [1.807, 2.05) is 0 Å². The van der Waals surface area contributed by atoms with Crippen molar-refractivity contribution >= 4 is 28.8 Å². The van der Waals surface area contributed by atoms with E-state index in [0.29, 0.717) is 5.71 Å². The molecule has 5 heteroatoms. The molecule has 2 N–H and O–H groups in total. The molecule has 0 saturated carbocycles. The van der Waals surface area contributed by atoms with Crippen LogP contribution in [0.5, 0.6) is 0 Å². The highest BCUT2D eigenvalue weighted by atomic mass is 16.1. The molecule has 0 atom stereocenters. The second-order valence-corrected chi connectivity index (χ2v) is 4.06. The van der Waals surface area contributed by atoms with Gasteiger partial charge in [-0.1, -0.05) is 6.58 Å². The van der Waals surface area contributed by atoms with Crippen LogP contribution in [0.4, 0.5) is 11.4 Å². The zero-order chi connectivity index (χ0) is 15.0. The summed E-state index contributed by atoms with van der Waals surface area (Å²) >= 11 is 0. The molecule has 1 rings (SSSR count). The van der Waals surface area contributed by atoms with Gasteiger partial charge in [0.05, 0.1) is 11.4 Å². The van der Waals surface area contributed by atoms with E-state index in [1.54, 1.807) is 37.3 Å². The molecule has 0 aliphatic carbocycles. The zero-order valence-corrected chi connectivity index (χ0v) is 11.5. The van der Waals surface area contributed by atoms with Gasteiger partial charge in [0.25, 0.3) is 0 Å². The van der Waals surface area contributed by atoms with Gasteiger partial charge < -0.3 is 5.32 Å². The maximum absolute atomic E-state index is 11.0. The van der Waals surface area contributed by atoms with Crippen LogP contribution in [0.25, 0.3) is 0 Å². The van der Waals surface area contributed by atoms with E-state index < -0.39 is 0 Å². The Balaban J connectivity index is 2.60. The predicted octanol–water partition coefficient (Wildman–Crippen LogP) is 2.74. The second-order valence-electron chi connectivity index (χ2n) is 4.06. The summed E-state index contributed by atoms with van der Waals surface area (Å²) in [7, 11) is 0. The molecule has 0 radical (unpaired) electrons. The molecule has 0 heterocycles. The molecule has 0 aromatic heterocycles. The Labute approximate surface area is 118 Å². The van der Waals surface area contributed by atoms with Crippen LogP contribution in [0.2, 0.25) is 0 Å². The summed E-state index contributed by atoms with van der Waals surface area (Å²) in [6.45, 7) is 6.60. The molecule has 1 amide bonds. The van der Waals surface area contributed by atoms with Crippen molar-refractivity contribution in [3.05, 3.63) is 49.1 Å². The van der Waals surface area contributed by atoms with E-state index >= 15 is 0 Å². The third-order valence-electron chi connectivity index (χ3n) is 2.26. The molecule has 0 aliphatic heterocycles. The normalized spacial score (nSPS) is 11.2. The van der Waals surface area contributed by atoms with Gasteiger partial charge in [-0.2, -0.15) is 5.10 Å². The Morgan fingerprint density at radius 2 is 1.70 bits per heavy atom. The average molecular weight is 271 g/mol. The number of hydrogen-bond acceptors (Lipinski definition) is 4. The molecule has 0 saturated heterocycles. The van der Waals surface area contributed by atoms with E-state index in [4.69, 9.17) is 0 Å². The predicted molar refractivity (Wildman–Crippen MR) is 81.8 cm³/mol.